The normalized spacial score (nSPS) is 13.8. The van der Waals surface area contributed by atoms with Gasteiger partial charge in [-0.1, -0.05) is 11.6 Å². The molecule has 3 rings (SSSR count). The van der Waals surface area contributed by atoms with Crippen molar-refractivity contribution < 1.29 is 4.39 Å². The van der Waals surface area contributed by atoms with Crippen molar-refractivity contribution in [2.45, 2.75) is 32.4 Å². The van der Waals surface area contributed by atoms with Crippen LogP contribution < -0.4 is 5.32 Å². The molecule has 2 aromatic rings. The smallest absolute Gasteiger partial charge is 0.123 e. The van der Waals surface area contributed by atoms with E-state index in [9.17, 15) is 4.39 Å². The van der Waals surface area contributed by atoms with Crippen LogP contribution in [0.5, 0.6) is 0 Å². The van der Waals surface area contributed by atoms with Gasteiger partial charge in [-0.2, -0.15) is 0 Å². The molecule has 0 bridgehead atoms. The Balaban J connectivity index is 1.59. The highest BCUT2D eigenvalue weighted by Crippen LogP contribution is 2.30. The molecule has 0 saturated carbocycles. The van der Waals surface area contributed by atoms with E-state index in [0.29, 0.717) is 11.6 Å². The van der Waals surface area contributed by atoms with Gasteiger partial charge < -0.3 is 5.32 Å². The molecule has 0 spiro atoms. The third-order valence-electron chi connectivity index (χ3n) is 3.42. The van der Waals surface area contributed by atoms with E-state index in [0.717, 1.165) is 12.1 Å². The molecule has 0 fully saturated rings. The standard InChI is InChI=1S/C15H15ClFNS/c16-14-5-4-12(17)6-11(14)8-18-9-13-7-10-2-1-3-15(10)19-13/h4-7,18H,1-3,8-9H2. The number of rotatable bonds is 4. The zero-order chi connectivity index (χ0) is 13.2. The molecule has 0 atom stereocenters. The molecular weight excluding hydrogens is 281 g/mol. The Hall–Kier alpha value is -0.900. The maximum absolute atomic E-state index is 13.1. The van der Waals surface area contributed by atoms with Crippen LogP contribution >= 0.6 is 22.9 Å². The number of fused-ring (bicyclic) bond motifs is 1. The molecule has 0 radical (unpaired) electrons. The van der Waals surface area contributed by atoms with Gasteiger partial charge in [0, 0.05) is 27.9 Å². The number of thiophene rings is 1. The average molecular weight is 296 g/mol. The van der Waals surface area contributed by atoms with E-state index in [4.69, 9.17) is 11.6 Å². The molecule has 0 unspecified atom stereocenters. The Bertz CT molecular complexity index is 572. The van der Waals surface area contributed by atoms with E-state index >= 15 is 0 Å². The van der Waals surface area contributed by atoms with Gasteiger partial charge in [0.1, 0.15) is 5.82 Å². The van der Waals surface area contributed by atoms with Crippen LogP contribution in [0.1, 0.15) is 27.3 Å². The minimum absolute atomic E-state index is 0.240. The van der Waals surface area contributed by atoms with Gasteiger partial charge in [-0.25, -0.2) is 4.39 Å². The minimum Gasteiger partial charge on any atom is -0.308 e. The number of benzene rings is 1. The summed E-state index contributed by atoms with van der Waals surface area (Å²) < 4.78 is 13.1. The third-order valence-corrected chi connectivity index (χ3v) is 5.03. The number of aryl methyl sites for hydroxylation is 2. The van der Waals surface area contributed by atoms with E-state index < -0.39 is 0 Å². The van der Waals surface area contributed by atoms with Crippen LogP contribution in [0.4, 0.5) is 4.39 Å². The van der Waals surface area contributed by atoms with Gasteiger partial charge >= 0.3 is 0 Å². The largest absolute Gasteiger partial charge is 0.308 e. The fourth-order valence-electron chi connectivity index (χ4n) is 2.48. The minimum atomic E-state index is -0.240. The van der Waals surface area contributed by atoms with Gasteiger partial charge in [0.05, 0.1) is 0 Å². The molecule has 1 aliphatic rings. The molecule has 19 heavy (non-hydrogen) atoms. The first-order chi connectivity index (χ1) is 9.22. The first-order valence-corrected chi connectivity index (χ1v) is 7.67. The molecule has 1 nitrogen and oxygen atoms in total. The molecule has 0 amide bonds. The maximum Gasteiger partial charge on any atom is 0.123 e. The van der Waals surface area contributed by atoms with Crippen molar-refractivity contribution in [1.82, 2.24) is 5.32 Å². The maximum atomic E-state index is 13.1. The summed E-state index contributed by atoms with van der Waals surface area (Å²) in [5, 5.41) is 3.95. The number of halogens is 2. The summed E-state index contributed by atoms with van der Waals surface area (Å²) in [6.45, 7) is 1.42. The van der Waals surface area contributed by atoms with Crippen LogP contribution in [0.3, 0.4) is 0 Å². The molecule has 1 aromatic heterocycles. The van der Waals surface area contributed by atoms with Crippen molar-refractivity contribution in [1.29, 1.82) is 0 Å². The van der Waals surface area contributed by atoms with Crippen LogP contribution in [0.25, 0.3) is 0 Å². The zero-order valence-electron chi connectivity index (χ0n) is 10.5. The van der Waals surface area contributed by atoms with Gasteiger partial charge in [-0.3, -0.25) is 0 Å². The van der Waals surface area contributed by atoms with Crippen molar-refractivity contribution >= 4 is 22.9 Å². The Morgan fingerprint density at radius 1 is 1.21 bits per heavy atom. The molecule has 100 valence electrons. The highest BCUT2D eigenvalue weighted by Gasteiger charge is 2.14. The van der Waals surface area contributed by atoms with Crippen LogP contribution in [-0.2, 0) is 25.9 Å². The predicted molar refractivity (Wildman–Crippen MR) is 78.3 cm³/mol. The van der Waals surface area contributed by atoms with Crippen LogP contribution in [0.15, 0.2) is 24.3 Å². The highest BCUT2D eigenvalue weighted by atomic mass is 35.5. The fourth-order valence-corrected chi connectivity index (χ4v) is 3.89. The molecule has 1 aliphatic carbocycles. The van der Waals surface area contributed by atoms with Crippen molar-refractivity contribution in [3.05, 3.63) is 56.0 Å². The van der Waals surface area contributed by atoms with Gasteiger partial charge in [-0.15, -0.1) is 11.3 Å². The summed E-state index contributed by atoms with van der Waals surface area (Å²) in [5.41, 5.74) is 2.33. The van der Waals surface area contributed by atoms with E-state index in [1.165, 1.54) is 41.8 Å². The number of nitrogens with one attached hydrogen (secondary N) is 1. The Morgan fingerprint density at radius 3 is 2.95 bits per heavy atom. The van der Waals surface area contributed by atoms with Gasteiger partial charge in [0.25, 0.3) is 0 Å². The topological polar surface area (TPSA) is 12.0 Å². The quantitative estimate of drug-likeness (QED) is 0.886. The summed E-state index contributed by atoms with van der Waals surface area (Å²) in [6.07, 6.45) is 3.76. The number of hydrogen-bond acceptors (Lipinski definition) is 2. The molecule has 1 heterocycles. The van der Waals surface area contributed by atoms with E-state index in [1.807, 2.05) is 11.3 Å². The highest BCUT2D eigenvalue weighted by molar-refractivity contribution is 7.12. The summed E-state index contributed by atoms with van der Waals surface area (Å²) >= 11 is 7.93. The second-order valence-electron chi connectivity index (χ2n) is 4.85. The van der Waals surface area contributed by atoms with Crippen LogP contribution in [-0.4, -0.2) is 0 Å². The van der Waals surface area contributed by atoms with E-state index in [-0.39, 0.29) is 5.82 Å². The van der Waals surface area contributed by atoms with E-state index in [1.54, 1.807) is 10.9 Å². The lowest BCUT2D eigenvalue weighted by atomic mass is 10.2. The third kappa shape index (κ3) is 2.99. The lowest BCUT2D eigenvalue weighted by Gasteiger charge is -2.06. The van der Waals surface area contributed by atoms with Gasteiger partial charge in [0.15, 0.2) is 0 Å². The second-order valence-corrected chi connectivity index (χ2v) is 6.48. The molecule has 0 saturated heterocycles. The monoisotopic (exact) mass is 295 g/mol. The number of hydrogen-bond donors (Lipinski definition) is 1. The van der Waals surface area contributed by atoms with E-state index in [2.05, 4.69) is 11.4 Å². The lowest BCUT2D eigenvalue weighted by molar-refractivity contribution is 0.620. The Kier molecular flexibility index (Phi) is 3.87. The molecule has 1 N–H and O–H groups in total. The summed E-state index contributed by atoms with van der Waals surface area (Å²) in [4.78, 5) is 2.90. The predicted octanol–water partition coefficient (Wildman–Crippen LogP) is 4.32. The fraction of sp³-hybridized carbons (Fsp3) is 0.333. The van der Waals surface area contributed by atoms with Crippen molar-refractivity contribution in [2.24, 2.45) is 0 Å². The molecule has 0 aliphatic heterocycles. The van der Waals surface area contributed by atoms with Gasteiger partial charge in [0.2, 0.25) is 0 Å². The van der Waals surface area contributed by atoms with Crippen LogP contribution in [0, 0.1) is 5.82 Å². The first-order valence-electron chi connectivity index (χ1n) is 6.47. The molecule has 4 heteroatoms. The zero-order valence-corrected chi connectivity index (χ0v) is 12.1. The van der Waals surface area contributed by atoms with Gasteiger partial charge in [-0.05, 0) is 54.7 Å². The van der Waals surface area contributed by atoms with Crippen molar-refractivity contribution in [3.63, 3.8) is 0 Å². The Morgan fingerprint density at radius 2 is 2.11 bits per heavy atom. The average Bonchev–Trinajstić information content (AvgIpc) is 2.94. The lowest BCUT2D eigenvalue weighted by Crippen LogP contribution is -2.12. The van der Waals surface area contributed by atoms with Crippen molar-refractivity contribution in [3.8, 4) is 0 Å². The van der Waals surface area contributed by atoms with Crippen molar-refractivity contribution in [2.75, 3.05) is 0 Å². The summed E-state index contributed by atoms with van der Waals surface area (Å²) in [7, 11) is 0. The molecule has 1 aromatic carbocycles. The second kappa shape index (κ2) is 5.61. The summed E-state index contributed by atoms with van der Waals surface area (Å²) in [6, 6.07) is 6.78. The Labute approximate surface area is 121 Å². The van der Waals surface area contributed by atoms with Crippen LogP contribution in [0.2, 0.25) is 5.02 Å². The first kappa shape index (κ1) is 13.1. The summed E-state index contributed by atoms with van der Waals surface area (Å²) in [5.74, 6) is -0.240. The SMILES string of the molecule is Fc1ccc(Cl)c(CNCc2cc3c(s2)CCC3)c1. The molecular formula is C15H15ClFNS.